The number of nitrogens with one attached hydrogen (secondary N) is 2. The standard InChI is InChI=1S/C22H13F2N7S/c1-10-4-6-25-8-11(10)18-17(24)16-13(9-27-18)30-31-21(16)22-28-12-5-7-26-20(19(12)29-22)14-2-3-15(23)32-14/h2-9H,1H3,(H,28,29)(H,30,31). The van der Waals surface area contributed by atoms with Gasteiger partial charge in [-0.25, -0.2) is 9.37 Å². The van der Waals surface area contributed by atoms with E-state index in [0.29, 0.717) is 44.2 Å². The van der Waals surface area contributed by atoms with E-state index in [1.54, 1.807) is 43.0 Å². The molecule has 32 heavy (non-hydrogen) atoms. The Morgan fingerprint density at radius 1 is 0.906 bits per heavy atom. The van der Waals surface area contributed by atoms with Crippen LogP contribution in [0, 0.1) is 17.9 Å². The first-order valence-corrected chi connectivity index (χ1v) is 10.5. The molecule has 0 fully saturated rings. The van der Waals surface area contributed by atoms with Crippen molar-refractivity contribution >= 4 is 33.3 Å². The summed E-state index contributed by atoms with van der Waals surface area (Å²) in [7, 11) is 0. The van der Waals surface area contributed by atoms with E-state index < -0.39 is 5.82 Å². The van der Waals surface area contributed by atoms with Crippen LogP contribution in [0.5, 0.6) is 0 Å². The first kappa shape index (κ1) is 18.7. The van der Waals surface area contributed by atoms with E-state index in [1.165, 1.54) is 6.07 Å². The number of aryl methyl sites for hydroxylation is 1. The highest BCUT2D eigenvalue weighted by Crippen LogP contribution is 2.35. The molecule has 6 aromatic rings. The van der Waals surface area contributed by atoms with Crippen molar-refractivity contribution in [2.24, 2.45) is 0 Å². The molecule has 0 aliphatic rings. The van der Waals surface area contributed by atoms with Gasteiger partial charge in [0.1, 0.15) is 22.6 Å². The molecule has 156 valence electrons. The molecule has 0 aliphatic heterocycles. The summed E-state index contributed by atoms with van der Waals surface area (Å²) in [5, 5.41) is 7.08. The number of hydrogen-bond acceptors (Lipinski definition) is 6. The Labute approximate surface area is 183 Å². The monoisotopic (exact) mass is 445 g/mol. The Kier molecular flexibility index (Phi) is 4.08. The maximum Gasteiger partial charge on any atom is 0.177 e. The van der Waals surface area contributed by atoms with Gasteiger partial charge in [0.15, 0.2) is 16.8 Å². The molecule has 6 aromatic heterocycles. The van der Waals surface area contributed by atoms with E-state index in [0.717, 1.165) is 16.9 Å². The number of hydrogen-bond donors (Lipinski definition) is 2. The van der Waals surface area contributed by atoms with Crippen LogP contribution in [0.1, 0.15) is 5.56 Å². The molecule has 0 aromatic carbocycles. The molecule has 0 radical (unpaired) electrons. The molecule has 2 N–H and O–H groups in total. The SMILES string of the molecule is Cc1ccncc1-c1ncc2[nH]nc(-c3nc4c(-c5ccc(F)s5)nccc4[nH]3)c2c1F. The summed E-state index contributed by atoms with van der Waals surface area (Å²) in [6.45, 7) is 1.87. The van der Waals surface area contributed by atoms with Crippen LogP contribution in [0.3, 0.4) is 0 Å². The number of thiophene rings is 1. The lowest BCUT2D eigenvalue weighted by molar-refractivity contribution is 0.638. The van der Waals surface area contributed by atoms with E-state index in [1.807, 2.05) is 6.92 Å². The lowest BCUT2D eigenvalue weighted by Gasteiger charge is -2.06. The van der Waals surface area contributed by atoms with Crippen LogP contribution in [-0.2, 0) is 0 Å². The van der Waals surface area contributed by atoms with E-state index in [-0.39, 0.29) is 16.2 Å². The Morgan fingerprint density at radius 3 is 2.62 bits per heavy atom. The lowest BCUT2D eigenvalue weighted by Crippen LogP contribution is -1.94. The first-order valence-electron chi connectivity index (χ1n) is 9.64. The minimum Gasteiger partial charge on any atom is -0.336 e. The summed E-state index contributed by atoms with van der Waals surface area (Å²) in [5.41, 5.74) is 4.22. The molecular formula is C22H13F2N7S. The van der Waals surface area contributed by atoms with Gasteiger partial charge < -0.3 is 4.98 Å². The maximum absolute atomic E-state index is 15.7. The molecule has 0 saturated heterocycles. The van der Waals surface area contributed by atoms with Crippen molar-refractivity contribution in [3.8, 4) is 33.3 Å². The van der Waals surface area contributed by atoms with Gasteiger partial charge in [0.25, 0.3) is 0 Å². The van der Waals surface area contributed by atoms with Crippen LogP contribution in [0.15, 0.2) is 49.1 Å². The van der Waals surface area contributed by atoms with Gasteiger partial charge in [-0.05, 0) is 36.8 Å². The fraction of sp³-hybridized carbons (Fsp3) is 0.0455. The predicted octanol–water partition coefficient (Wildman–Crippen LogP) is 5.27. The average molecular weight is 445 g/mol. The molecule has 0 saturated carbocycles. The van der Waals surface area contributed by atoms with Gasteiger partial charge >= 0.3 is 0 Å². The molecule has 10 heteroatoms. The maximum atomic E-state index is 15.7. The quantitative estimate of drug-likeness (QED) is 0.387. The number of fused-ring (bicyclic) bond motifs is 2. The van der Waals surface area contributed by atoms with Crippen molar-refractivity contribution in [2.75, 3.05) is 0 Å². The van der Waals surface area contributed by atoms with Crippen LogP contribution in [-0.4, -0.2) is 35.1 Å². The van der Waals surface area contributed by atoms with E-state index >= 15 is 4.39 Å². The number of imidazole rings is 1. The minimum atomic E-state index is -0.513. The highest BCUT2D eigenvalue weighted by Gasteiger charge is 2.22. The normalized spacial score (nSPS) is 11.6. The van der Waals surface area contributed by atoms with Gasteiger partial charge in [-0.3, -0.25) is 20.1 Å². The van der Waals surface area contributed by atoms with Crippen molar-refractivity contribution < 1.29 is 8.78 Å². The van der Waals surface area contributed by atoms with E-state index in [4.69, 9.17) is 0 Å². The Morgan fingerprint density at radius 2 is 1.81 bits per heavy atom. The van der Waals surface area contributed by atoms with Gasteiger partial charge in [-0.1, -0.05) is 0 Å². The summed E-state index contributed by atoms with van der Waals surface area (Å²) in [6, 6.07) is 6.61. The van der Waals surface area contributed by atoms with Gasteiger partial charge in [-0.15, -0.1) is 11.3 Å². The molecule has 0 aliphatic carbocycles. The zero-order valence-corrected chi connectivity index (χ0v) is 17.3. The molecule has 0 unspecified atom stereocenters. The van der Waals surface area contributed by atoms with Gasteiger partial charge in [-0.2, -0.15) is 9.49 Å². The predicted molar refractivity (Wildman–Crippen MR) is 118 cm³/mol. The number of nitrogens with zero attached hydrogens (tertiary/aromatic N) is 5. The molecule has 6 rings (SSSR count). The van der Waals surface area contributed by atoms with Gasteiger partial charge in [0.2, 0.25) is 0 Å². The number of aromatic amines is 2. The average Bonchev–Trinajstić information content (AvgIpc) is 3.52. The third-order valence-corrected chi connectivity index (χ3v) is 6.15. The highest BCUT2D eigenvalue weighted by molar-refractivity contribution is 7.13. The van der Waals surface area contributed by atoms with Gasteiger partial charge in [0.05, 0.1) is 27.5 Å². The summed E-state index contributed by atoms with van der Waals surface area (Å²) >= 11 is 0.989. The lowest BCUT2D eigenvalue weighted by atomic mass is 10.1. The fourth-order valence-corrected chi connectivity index (χ4v) is 4.44. The van der Waals surface area contributed by atoms with Crippen molar-refractivity contribution in [3.63, 3.8) is 0 Å². The number of rotatable bonds is 3. The summed E-state index contributed by atoms with van der Waals surface area (Å²) in [4.78, 5) is 21.2. The van der Waals surface area contributed by atoms with Crippen LogP contribution < -0.4 is 0 Å². The number of pyridine rings is 3. The summed E-state index contributed by atoms with van der Waals surface area (Å²) in [6.07, 6.45) is 6.40. The van der Waals surface area contributed by atoms with Crippen LogP contribution in [0.4, 0.5) is 8.78 Å². The third-order valence-electron chi connectivity index (χ3n) is 5.27. The van der Waals surface area contributed by atoms with E-state index in [2.05, 4.69) is 35.1 Å². The van der Waals surface area contributed by atoms with Crippen molar-refractivity contribution in [3.05, 3.63) is 65.6 Å². The van der Waals surface area contributed by atoms with Crippen LogP contribution in [0.2, 0.25) is 0 Å². The zero-order valence-electron chi connectivity index (χ0n) is 16.5. The number of halogens is 2. The second kappa shape index (κ2) is 6.99. The fourth-order valence-electron chi connectivity index (χ4n) is 3.72. The summed E-state index contributed by atoms with van der Waals surface area (Å²) in [5.74, 6) is -0.141. The van der Waals surface area contributed by atoms with Crippen molar-refractivity contribution in [1.29, 1.82) is 0 Å². The topological polar surface area (TPSA) is 96.0 Å². The largest absolute Gasteiger partial charge is 0.336 e. The second-order valence-corrected chi connectivity index (χ2v) is 8.25. The van der Waals surface area contributed by atoms with Crippen LogP contribution >= 0.6 is 11.3 Å². The van der Waals surface area contributed by atoms with E-state index in [9.17, 15) is 4.39 Å². The first-order chi connectivity index (χ1) is 15.6. The number of aromatic nitrogens is 7. The minimum absolute atomic E-state index is 0.193. The Bertz CT molecular complexity index is 1630. The van der Waals surface area contributed by atoms with Gasteiger partial charge in [0, 0.05) is 24.2 Å². The van der Waals surface area contributed by atoms with Crippen LogP contribution in [0.25, 0.3) is 55.3 Å². The molecule has 0 atom stereocenters. The van der Waals surface area contributed by atoms with Crippen molar-refractivity contribution in [1.82, 2.24) is 35.1 Å². The highest BCUT2D eigenvalue weighted by atomic mass is 32.1. The molecule has 0 amide bonds. The summed E-state index contributed by atoms with van der Waals surface area (Å²) < 4.78 is 29.2. The van der Waals surface area contributed by atoms with Crippen molar-refractivity contribution in [2.45, 2.75) is 6.92 Å². The number of H-pyrrole nitrogens is 2. The smallest absolute Gasteiger partial charge is 0.177 e. The second-order valence-electron chi connectivity index (χ2n) is 7.22. The molecule has 6 heterocycles. The molecule has 7 nitrogen and oxygen atoms in total. The molecule has 0 bridgehead atoms. The molecular weight excluding hydrogens is 432 g/mol. The zero-order chi connectivity index (χ0) is 21.8. The molecule has 0 spiro atoms. The Balaban J connectivity index is 1.56. The Hall–Kier alpha value is -4.05. The third kappa shape index (κ3) is 2.80.